The summed E-state index contributed by atoms with van der Waals surface area (Å²) >= 11 is 1.40. The zero-order valence-corrected chi connectivity index (χ0v) is 11.6. The molecule has 1 unspecified atom stereocenters. The highest BCUT2D eigenvalue weighted by atomic mass is 32.2. The predicted molar refractivity (Wildman–Crippen MR) is 71.5 cm³/mol. The molecule has 2 heterocycles. The summed E-state index contributed by atoms with van der Waals surface area (Å²) in [5.74, 6) is 1.15. The van der Waals surface area contributed by atoms with Crippen LogP contribution in [0.4, 0.5) is 5.82 Å². The van der Waals surface area contributed by atoms with Crippen LogP contribution in [0.5, 0.6) is 0 Å². The van der Waals surface area contributed by atoms with Gasteiger partial charge in [-0.15, -0.1) is 11.8 Å². The Hall–Kier alpha value is -1.02. The monoisotopic (exact) mass is 289 g/mol. The van der Waals surface area contributed by atoms with Gasteiger partial charge in [0.1, 0.15) is 5.82 Å². The molecule has 0 aliphatic carbocycles. The van der Waals surface area contributed by atoms with E-state index in [0.29, 0.717) is 12.2 Å². The minimum absolute atomic E-state index is 0.0450. The van der Waals surface area contributed by atoms with Crippen LogP contribution in [0.25, 0.3) is 0 Å². The molecule has 0 aromatic carbocycles. The van der Waals surface area contributed by atoms with Gasteiger partial charge in [-0.25, -0.2) is 8.42 Å². The topological polar surface area (TPSA) is 91.9 Å². The highest BCUT2D eigenvalue weighted by Gasteiger charge is 2.28. The first kappa shape index (κ1) is 13.4. The maximum Gasteiger partial charge on any atom is 0.235 e. The normalized spacial score (nSPS) is 21.9. The van der Waals surface area contributed by atoms with Gasteiger partial charge in [-0.3, -0.25) is 9.89 Å². The number of aryl methyl sites for hydroxylation is 1. The molecule has 1 amide bonds. The first-order chi connectivity index (χ1) is 8.46. The Balaban J connectivity index is 1.78. The van der Waals surface area contributed by atoms with Crippen molar-refractivity contribution in [2.24, 2.45) is 0 Å². The van der Waals surface area contributed by atoms with Gasteiger partial charge in [0, 0.05) is 10.8 Å². The van der Waals surface area contributed by atoms with Crippen LogP contribution < -0.4 is 5.32 Å². The second-order valence-corrected chi connectivity index (χ2v) is 7.83. The number of hydrogen-bond donors (Lipinski definition) is 2. The lowest BCUT2D eigenvalue weighted by Gasteiger charge is -2.07. The molecule has 1 atom stereocenters. The Labute approximate surface area is 110 Å². The number of anilines is 1. The van der Waals surface area contributed by atoms with Gasteiger partial charge < -0.3 is 5.32 Å². The third-order valence-corrected chi connectivity index (χ3v) is 6.02. The van der Waals surface area contributed by atoms with Crippen LogP contribution in [-0.4, -0.2) is 47.0 Å². The molecule has 2 N–H and O–H groups in total. The van der Waals surface area contributed by atoms with Crippen LogP contribution in [0, 0.1) is 6.92 Å². The first-order valence-electron chi connectivity index (χ1n) is 5.58. The molecule has 6 nitrogen and oxygen atoms in total. The van der Waals surface area contributed by atoms with Gasteiger partial charge in [-0.2, -0.15) is 5.10 Å². The van der Waals surface area contributed by atoms with Crippen molar-refractivity contribution in [1.82, 2.24) is 10.2 Å². The van der Waals surface area contributed by atoms with Crippen LogP contribution in [0.1, 0.15) is 12.0 Å². The summed E-state index contributed by atoms with van der Waals surface area (Å²) in [6.45, 7) is 1.84. The molecular formula is C10H15N3O3S2. The van der Waals surface area contributed by atoms with Gasteiger partial charge in [-0.05, 0) is 13.3 Å². The Morgan fingerprint density at radius 1 is 1.67 bits per heavy atom. The van der Waals surface area contributed by atoms with Gasteiger partial charge >= 0.3 is 0 Å². The van der Waals surface area contributed by atoms with Crippen molar-refractivity contribution < 1.29 is 13.2 Å². The largest absolute Gasteiger partial charge is 0.310 e. The number of aromatic amines is 1. The maximum atomic E-state index is 11.7. The van der Waals surface area contributed by atoms with Crippen molar-refractivity contribution in [2.75, 3.05) is 22.6 Å². The minimum atomic E-state index is -2.87. The summed E-state index contributed by atoms with van der Waals surface area (Å²) in [7, 11) is -2.87. The number of hydrogen-bond acceptors (Lipinski definition) is 5. The lowest BCUT2D eigenvalue weighted by atomic mass is 10.4. The summed E-state index contributed by atoms with van der Waals surface area (Å²) in [5.41, 5.74) is 0.872. The molecule has 1 saturated heterocycles. The van der Waals surface area contributed by atoms with E-state index >= 15 is 0 Å². The second-order valence-electron chi connectivity index (χ2n) is 4.31. The Kier molecular flexibility index (Phi) is 3.96. The smallest absolute Gasteiger partial charge is 0.235 e. The van der Waals surface area contributed by atoms with Crippen LogP contribution in [-0.2, 0) is 14.6 Å². The quantitative estimate of drug-likeness (QED) is 0.846. The standard InChI is InChI=1S/C10H15N3O3S2/c1-7-4-11-13-10(7)12-9(14)5-17-8-2-3-18(15,16)6-8/h4,8H,2-3,5-6H2,1H3,(H2,11,12,13,14). The molecule has 1 aliphatic rings. The number of nitrogens with one attached hydrogen (secondary N) is 2. The van der Waals surface area contributed by atoms with E-state index in [0.717, 1.165) is 5.56 Å². The Bertz CT molecular complexity index is 538. The minimum Gasteiger partial charge on any atom is -0.310 e. The molecule has 1 aromatic rings. The van der Waals surface area contributed by atoms with E-state index in [4.69, 9.17) is 0 Å². The van der Waals surface area contributed by atoms with Crippen molar-refractivity contribution in [3.8, 4) is 0 Å². The summed E-state index contributed by atoms with van der Waals surface area (Å²) in [6.07, 6.45) is 2.27. The highest BCUT2D eigenvalue weighted by Crippen LogP contribution is 2.24. The molecule has 0 radical (unpaired) electrons. The van der Waals surface area contributed by atoms with E-state index in [9.17, 15) is 13.2 Å². The van der Waals surface area contributed by atoms with Crippen molar-refractivity contribution in [3.05, 3.63) is 11.8 Å². The SMILES string of the molecule is Cc1cn[nH]c1NC(=O)CSC1CCS(=O)(=O)C1. The number of aromatic nitrogens is 2. The van der Waals surface area contributed by atoms with Gasteiger partial charge in [0.25, 0.3) is 0 Å². The number of carbonyl (C=O) groups is 1. The number of amides is 1. The maximum absolute atomic E-state index is 11.7. The predicted octanol–water partition coefficient (Wildman–Crippen LogP) is 0.577. The summed E-state index contributed by atoms with van der Waals surface area (Å²) < 4.78 is 22.5. The van der Waals surface area contributed by atoms with Crippen LogP contribution in [0.15, 0.2) is 6.20 Å². The lowest BCUT2D eigenvalue weighted by Crippen LogP contribution is -2.17. The Morgan fingerprint density at radius 2 is 2.44 bits per heavy atom. The molecular weight excluding hydrogens is 274 g/mol. The van der Waals surface area contributed by atoms with E-state index in [-0.39, 0.29) is 28.4 Å². The van der Waals surface area contributed by atoms with Crippen molar-refractivity contribution in [3.63, 3.8) is 0 Å². The van der Waals surface area contributed by atoms with E-state index in [1.165, 1.54) is 11.8 Å². The van der Waals surface area contributed by atoms with Crippen molar-refractivity contribution in [2.45, 2.75) is 18.6 Å². The number of sulfone groups is 1. The van der Waals surface area contributed by atoms with Gasteiger partial charge in [0.05, 0.1) is 23.5 Å². The van der Waals surface area contributed by atoms with Crippen LogP contribution in [0.2, 0.25) is 0 Å². The van der Waals surface area contributed by atoms with Crippen molar-refractivity contribution in [1.29, 1.82) is 0 Å². The highest BCUT2D eigenvalue weighted by molar-refractivity contribution is 8.02. The zero-order valence-electron chi connectivity index (χ0n) is 9.97. The number of thioether (sulfide) groups is 1. The second kappa shape index (κ2) is 5.31. The average molecular weight is 289 g/mol. The van der Waals surface area contributed by atoms with Crippen molar-refractivity contribution >= 4 is 33.3 Å². The number of carbonyl (C=O) groups excluding carboxylic acids is 1. The fraction of sp³-hybridized carbons (Fsp3) is 0.600. The summed E-state index contributed by atoms with van der Waals surface area (Å²) in [5, 5.41) is 9.25. The van der Waals surface area contributed by atoms with E-state index in [1.54, 1.807) is 6.20 Å². The van der Waals surface area contributed by atoms with Gasteiger partial charge in [-0.1, -0.05) is 0 Å². The summed E-state index contributed by atoms with van der Waals surface area (Å²) in [6, 6.07) is 0. The van der Waals surface area contributed by atoms with Gasteiger partial charge in [0.15, 0.2) is 9.84 Å². The number of nitrogens with zero attached hydrogens (tertiary/aromatic N) is 1. The van der Waals surface area contributed by atoms with Crippen LogP contribution in [0.3, 0.4) is 0 Å². The average Bonchev–Trinajstić information content (AvgIpc) is 2.83. The molecule has 0 saturated carbocycles. The molecule has 1 aliphatic heterocycles. The molecule has 100 valence electrons. The van der Waals surface area contributed by atoms with E-state index < -0.39 is 9.84 Å². The van der Waals surface area contributed by atoms with Gasteiger partial charge in [0.2, 0.25) is 5.91 Å². The van der Waals surface area contributed by atoms with E-state index in [2.05, 4.69) is 15.5 Å². The summed E-state index contributed by atoms with van der Waals surface area (Å²) in [4.78, 5) is 11.7. The van der Waals surface area contributed by atoms with E-state index in [1.807, 2.05) is 6.92 Å². The number of H-pyrrole nitrogens is 1. The third-order valence-electron chi connectivity index (χ3n) is 2.73. The fourth-order valence-electron chi connectivity index (χ4n) is 1.73. The molecule has 1 fully saturated rings. The third kappa shape index (κ3) is 3.49. The number of rotatable bonds is 4. The zero-order chi connectivity index (χ0) is 13.2. The molecule has 18 heavy (non-hydrogen) atoms. The Morgan fingerprint density at radius 3 is 3.00 bits per heavy atom. The lowest BCUT2D eigenvalue weighted by molar-refractivity contribution is -0.113. The molecule has 8 heteroatoms. The molecule has 0 spiro atoms. The van der Waals surface area contributed by atoms with Crippen LogP contribution >= 0.6 is 11.8 Å². The molecule has 1 aromatic heterocycles. The molecule has 0 bridgehead atoms. The fourth-order valence-corrected chi connectivity index (χ4v) is 5.18. The first-order valence-corrected chi connectivity index (χ1v) is 8.45. The molecule has 2 rings (SSSR count).